The fraction of sp³-hybridized carbons (Fsp3) is 0.938. The second-order valence-corrected chi connectivity index (χ2v) is 6.46. The Balaban J connectivity index is 1.99. The van der Waals surface area contributed by atoms with Crippen LogP contribution >= 0.6 is 0 Å². The normalized spacial score (nSPS) is 36.9. The number of rotatable bonds is 4. The Hall–Kier alpha value is -0.590. The molecule has 2 rings (SSSR count). The lowest BCUT2D eigenvalue weighted by Gasteiger charge is -2.43. The van der Waals surface area contributed by atoms with Gasteiger partial charge < -0.3 is 5.11 Å². The molecule has 0 radical (unpaired) electrons. The van der Waals surface area contributed by atoms with Gasteiger partial charge >= 0.3 is 0 Å². The van der Waals surface area contributed by atoms with Crippen LogP contribution < -0.4 is 0 Å². The Morgan fingerprint density at radius 1 is 1.26 bits per heavy atom. The summed E-state index contributed by atoms with van der Waals surface area (Å²) >= 11 is 0. The molecule has 1 aliphatic carbocycles. The summed E-state index contributed by atoms with van der Waals surface area (Å²) in [6.07, 6.45) is 8.41. The van der Waals surface area contributed by atoms with Gasteiger partial charge in [0.05, 0.1) is 12.0 Å². The van der Waals surface area contributed by atoms with Crippen LogP contribution in [0.25, 0.3) is 0 Å². The summed E-state index contributed by atoms with van der Waals surface area (Å²) in [5.41, 5.74) is 0. The topological polar surface area (TPSA) is 47.3 Å². The van der Waals surface area contributed by atoms with Crippen LogP contribution in [0.4, 0.5) is 0 Å². The van der Waals surface area contributed by atoms with E-state index >= 15 is 0 Å². The van der Waals surface area contributed by atoms with Crippen molar-refractivity contribution >= 4 is 0 Å². The maximum atomic E-state index is 9.41. The standard InChI is InChI=1S/C16H28N2O/c1-2-4-13-6-7-15(10-17)16(9-13)18-8-3-5-14(11-18)12-19/h13-16,19H,2-9,11-12H2,1H3. The van der Waals surface area contributed by atoms with Crippen molar-refractivity contribution in [3.8, 4) is 6.07 Å². The molecule has 3 heteroatoms. The summed E-state index contributed by atoms with van der Waals surface area (Å²) in [5, 5.41) is 18.8. The minimum absolute atomic E-state index is 0.213. The number of aliphatic hydroxyl groups is 1. The molecule has 4 atom stereocenters. The zero-order valence-electron chi connectivity index (χ0n) is 12.2. The van der Waals surface area contributed by atoms with Crippen LogP contribution in [-0.4, -0.2) is 35.7 Å². The van der Waals surface area contributed by atoms with E-state index in [0.29, 0.717) is 18.6 Å². The smallest absolute Gasteiger partial charge is 0.0672 e. The molecule has 1 saturated heterocycles. The van der Waals surface area contributed by atoms with Gasteiger partial charge in [0.15, 0.2) is 0 Å². The van der Waals surface area contributed by atoms with Gasteiger partial charge in [-0.1, -0.05) is 19.8 Å². The predicted octanol–water partition coefficient (Wildman–Crippen LogP) is 2.80. The molecule has 19 heavy (non-hydrogen) atoms. The summed E-state index contributed by atoms with van der Waals surface area (Å²) in [5.74, 6) is 1.46. The Kier molecular flexibility index (Phi) is 5.66. The van der Waals surface area contributed by atoms with Gasteiger partial charge in [-0.3, -0.25) is 4.90 Å². The average Bonchev–Trinajstić information content (AvgIpc) is 2.47. The molecule has 2 fully saturated rings. The van der Waals surface area contributed by atoms with Gasteiger partial charge in [-0.25, -0.2) is 0 Å². The van der Waals surface area contributed by atoms with Crippen LogP contribution in [0.1, 0.15) is 51.9 Å². The van der Waals surface area contributed by atoms with E-state index in [1.165, 1.54) is 32.1 Å². The van der Waals surface area contributed by atoms with Gasteiger partial charge in [-0.05, 0) is 50.5 Å². The van der Waals surface area contributed by atoms with Crippen LogP contribution in [0, 0.1) is 29.1 Å². The van der Waals surface area contributed by atoms with E-state index in [-0.39, 0.29) is 5.92 Å². The van der Waals surface area contributed by atoms with Gasteiger partial charge in [-0.2, -0.15) is 5.26 Å². The van der Waals surface area contributed by atoms with Crippen molar-refractivity contribution in [2.24, 2.45) is 17.8 Å². The van der Waals surface area contributed by atoms with E-state index in [9.17, 15) is 10.4 Å². The number of likely N-dealkylation sites (tertiary alicyclic amines) is 1. The summed E-state index contributed by atoms with van der Waals surface area (Å²) in [6, 6.07) is 2.99. The largest absolute Gasteiger partial charge is 0.396 e. The number of aliphatic hydroxyl groups excluding tert-OH is 1. The summed E-state index contributed by atoms with van der Waals surface area (Å²) in [4.78, 5) is 2.51. The maximum Gasteiger partial charge on any atom is 0.0672 e. The van der Waals surface area contributed by atoms with Gasteiger partial charge in [0, 0.05) is 19.2 Å². The van der Waals surface area contributed by atoms with Gasteiger partial charge in [0.25, 0.3) is 0 Å². The second-order valence-electron chi connectivity index (χ2n) is 6.46. The first-order chi connectivity index (χ1) is 9.28. The molecule has 0 amide bonds. The number of piperidine rings is 1. The van der Waals surface area contributed by atoms with Crippen LogP contribution in [0.15, 0.2) is 0 Å². The SMILES string of the molecule is CCCC1CCC(C#N)C(N2CCCC(CO)C2)C1. The third kappa shape index (κ3) is 3.70. The van der Waals surface area contributed by atoms with E-state index < -0.39 is 0 Å². The molecule has 0 bridgehead atoms. The highest BCUT2D eigenvalue weighted by atomic mass is 16.3. The lowest BCUT2D eigenvalue weighted by atomic mass is 9.76. The minimum atomic E-state index is 0.213. The first kappa shape index (κ1) is 14.8. The number of nitriles is 1. The van der Waals surface area contributed by atoms with Crippen molar-refractivity contribution in [1.82, 2.24) is 4.90 Å². The van der Waals surface area contributed by atoms with Crippen molar-refractivity contribution < 1.29 is 5.11 Å². The Labute approximate surface area is 117 Å². The fourth-order valence-corrected chi connectivity index (χ4v) is 4.00. The van der Waals surface area contributed by atoms with Crippen molar-refractivity contribution in [2.75, 3.05) is 19.7 Å². The number of hydrogen-bond acceptors (Lipinski definition) is 3. The van der Waals surface area contributed by atoms with Gasteiger partial charge in [-0.15, -0.1) is 0 Å². The van der Waals surface area contributed by atoms with Crippen molar-refractivity contribution in [3.05, 3.63) is 0 Å². The monoisotopic (exact) mass is 264 g/mol. The summed E-state index contributed by atoms with van der Waals surface area (Å²) < 4.78 is 0. The highest BCUT2D eigenvalue weighted by molar-refractivity contribution is 4.98. The van der Waals surface area contributed by atoms with Gasteiger partial charge in [0.2, 0.25) is 0 Å². The van der Waals surface area contributed by atoms with Crippen molar-refractivity contribution in [2.45, 2.75) is 57.9 Å². The van der Waals surface area contributed by atoms with E-state index in [0.717, 1.165) is 31.8 Å². The molecular formula is C16H28N2O. The Morgan fingerprint density at radius 3 is 2.79 bits per heavy atom. The summed E-state index contributed by atoms with van der Waals surface area (Å²) in [7, 11) is 0. The average molecular weight is 264 g/mol. The molecule has 1 aliphatic heterocycles. The number of hydrogen-bond donors (Lipinski definition) is 1. The first-order valence-electron chi connectivity index (χ1n) is 8.03. The first-order valence-corrected chi connectivity index (χ1v) is 8.03. The Morgan fingerprint density at radius 2 is 2.11 bits per heavy atom. The lowest BCUT2D eigenvalue weighted by Crippen LogP contribution is -2.49. The van der Waals surface area contributed by atoms with E-state index in [1.54, 1.807) is 0 Å². The van der Waals surface area contributed by atoms with Crippen molar-refractivity contribution in [3.63, 3.8) is 0 Å². The molecule has 3 nitrogen and oxygen atoms in total. The minimum Gasteiger partial charge on any atom is -0.396 e. The molecule has 1 saturated carbocycles. The van der Waals surface area contributed by atoms with Crippen LogP contribution in [0.3, 0.4) is 0 Å². The highest BCUT2D eigenvalue weighted by Gasteiger charge is 2.36. The quantitative estimate of drug-likeness (QED) is 0.849. The number of nitrogens with zero attached hydrogens (tertiary/aromatic N) is 2. The van der Waals surface area contributed by atoms with E-state index in [1.807, 2.05) is 0 Å². The molecule has 4 unspecified atom stereocenters. The highest BCUT2D eigenvalue weighted by Crippen LogP contribution is 2.36. The van der Waals surface area contributed by atoms with E-state index in [4.69, 9.17) is 0 Å². The summed E-state index contributed by atoms with van der Waals surface area (Å²) in [6.45, 7) is 4.68. The van der Waals surface area contributed by atoms with Gasteiger partial charge in [0.1, 0.15) is 0 Å². The molecule has 0 aromatic rings. The van der Waals surface area contributed by atoms with Crippen LogP contribution in [0.2, 0.25) is 0 Å². The second kappa shape index (κ2) is 7.26. The molecule has 2 aliphatic rings. The molecule has 0 spiro atoms. The Bertz CT molecular complexity index is 312. The third-order valence-corrected chi connectivity index (χ3v) is 5.07. The zero-order chi connectivity index (χ0) is 13.7. The lowest BCUT2D eigenvalue weighted by molar-refractivity contribution is 0.0430. The van der Waals surface area contributed by atoms with Crippen LogP contribution in [0.5, 0.6) is 0 Å². The zero-order valence-corrected chi connectivity index (χ0v) is 12.2. The molecule has 0 aromatic heterocycles. The molecule has 1 heterocycles. The molecule has 0 aromatic carbocycles. The van der Waals surface area contributed by atoms with Crippen molar-refractivity contribution in [1.29, 1.82) is 5.26 Å². The molecule has 1 N–H and O–H groups in total. The molecular weight excluding hydrogens is 236 g/mol. The predicted molar refractivity (Wildman–Crippen MR) is 76.5 cm³/mol. The maximum absolute atomic E-state index is 9.41. The van der Waals surface area contributed by atoms with Crippen LogP contribution in [-0.2, 0) is 0 Å². The van der Waals surface area contributed by atoms with E-state index in [2.05, 4.69) is 17.9 Å². The molecule has 108 valence electrons. The fourth-order valence-electron chi connectivity index (χ4n) is 4.00. The third-order valence-electron chi connectivity index (χ3n) is 5.07.